The molecule has 1 N–H and O–H groups in total. The summed E-state index contributed by atoms with van der Waals surface area (Å²) in [5.41, 5.74) is 1.76. The number of benzene rings is 2. The lowest BCUT2D eigenvalue weighted by Crippen LogP contribution is -2.11. The van der Waals surface area contributed by atoms with Gasteiger partial charge in [-0.1, -0.05) is 6.07 Å². The minimum absolute atomic E-state index is 0.0517. The molecule has 0 amide bonds. The third-order valence-electron chi connectivity index (χ3n) is 3.35. The summed E-state index contributed by atoms with van der Waals surface area (Å²) >= 11 is 0. The number of hydrogen-bond acceptors (Lipinski definition) is 1. The molecule has 1 aromatic heterocycles. The molecule has 0 aliphatic rings. The second-order valence-electron chi connectivity index (χ2n) is 4.62. The number of aromatic nitrogens is 1. The molecule has 20 heavy (non-hydrogen) atoms. The fraction of sp³-hybridized carbons (Fsp3) is 0.0625. The lowest BCUT2D eigenvalue weighted by Gasteiger charge is -2.09. The van der Waals surface area contributed by atoms with Crippen molar-refractivity contribution in [3.8, 4) is 11.3 Å². The molecular weight excluding hydrogens is 260 g/mol. The molecule has 3 aromatic rings. The first-order chi connectivity index (χ1) is 9.58. The van der Waals surface area contributed by atoms with E-state index in [0.29, 0.717) is 22.3 Å². The lowest BCUT2D eigenvalue weighted by atomic mass is 10.0. The Morgan fingerprint density at radius 3 is 2.40 bits per heavy atom. The van der Waals surface area contributed by atoms with Crippen molar-refractivity contribution in [3.05, 3.63) is 69.9 Å². The van der Waals surface area contributed by atoms with E-state index in [1.165, 1.54) is 24.3 Å². The van der Waals surface area contributed by atoms with Crippen molar-refractivity contribution in [2.75, 3.05) is 0 Å². The minimum Gasteiger partial charge on any atom is -0.354 e. The van der Waals surface area contributed by atoms with Gasteiger partial charge < -0.3 is 4.98 Å². The van der Waals surface area contributed by atoms with Gasteiger partial charge in [0.15, 0.2) is 5.43 Å². The molecule has 0 unspecified atom stereocenters. The van der Waals surface area contributed by atoms with Gasteiger partial charge in [-0.05, 0) is 48.9 Å². The summed E-state index contributed by atoms with van der Waals surface area (Å²) in [4.78, 5) is 15.3. The summed E-state index contributed by atoms with van der Waals surface area (Å²) in [7, 11) is 0. The van der Waals surface area contributed by atoms with Crippen molar-refractivity contribution in [2.45, 2.75) is 6.92 Å². The predicted octanol–water partition coefficient (Wildman–Crippen LogP) is 3.78. The second kappa shape index (κ2) is 4.56. The van der Waals surface area contributed by atoms with Crippen LogP contribution in [0.3, 0.4) is 0 Å². The van der Waals surface area contributed by atoms with E-state index >= 15 is 0 Å². The first-order valence-electron chi connectivity index (χ1n) is 6.15. The predicted molar refractivity (Wildman–Crippen MR) is 74.7 cm³/mol. The van der Waals surface area contributed by atoms with E-state index in [0.717, 1.165) is 0 Å². The Hall–Kier alpha value is -2.49. The number of hydrogen-bond donors (Lipinski definition) is 1. The number of fused-ring (bicyclic) bond motifs is 1. The third kappa shape index (κ3) is 1.90. The zero-order valence-electron chi connectivity index (χ0n) is 10.7. The van der Waals surface area contributed by atoms with Crippen LogP contribution in [0.25, 0.3) is 22.2 Å². The molecule has 1 heterocycles. The molecule has 0 saturated heterocycles. The van der Waals surface area contributed by atoms with E-state index in [2.05, 4.69) is 4.98 Å². The van der Waals surface area contributed by atoms with Crippen LogP contribution in [0.1, 0.15) is 5.56 Å². The highest BCUT2D eigenvalue weighted by Gasteiger charge is 2.12. The molecule has 0 spiro atoms. The average molecular weight is 271 g/mol. The van der Waals surface area contributed by atoms with Crippen LogP contribution in [0.5, 0.6) is 0 Å². The Morgan fingerprint density at radius 1 is 1.00 bits per heavy atom. The Morgan fingerprint density at radius 2 is 1.70 bits per heavy atom. The van der Waals surface area contributed by atoms with Gasteiger partial charge in [-0.3, -0.25) is 4.79 Å². The van der Waals surface area contributed by atoms with Gasteiger partial charge >= 0.3 is 0 Å². The highest BCUT2D eigenvalue weighted by atomic mass is 19.1. The van der Waals surface area contributed by atoms with Crippen LogP contribution in [0, 0.1) is 18.6 Å². The normalized spacial score (nSPS) is 10.9. The largest absolute Gasteiger partial charge is 0.354 e. The number of H-pyrrole nitrogens is 1. The number of pyridine rings is 1. The SMILES string of the molecule is Cc1c(-c2ccc(F)cc2)[nH]c2cccc(F)c2c1=O. The van der Waals surface area contributed by atoms with E-state index in [9.17, 15) is 13.6 Å². The molecule has 0 aliphatic carbocycles. The highest BCUT2D eigenvalue weighted by Crippen LogP contribution is 2.23. The molecule has 0 radical (unpaired) electrons. The first-order valence-corrected chi connectivity index (χ1v) is 6.15. The molecule has 2 nitrogen and oxygen atoms in total. The quantitative estimate of drug-likeness (QED) is 0.717. The van der Waals surface area contributed by atoms with Crippen molar-refractivity contribution in [3.63, 3.8) is 0 Å². The smallest absolute Gasteiger partial charge is 0.195 e. The van der Waals surface area contributed by atoms with Crippen LogP contribution >= 0.6 is 0 Å². The second-order valence-corrected chi connectivity index (χ2v) is 4.62. The summed E-state index contributed by atoms with van der Waals surface area (Å²) in [5, 5.41) is 0.0517. The summed E-state index contributed by atoms with van der Waals surface area (Å²) < 4.78 is 26.7. The average Bonchev–Trinajstić information content (AvgIpc) is 2.44. The van der Waals surface area contributed by atoms with Crippen LogP contribution in [0.4, 0.5) is 8.78 Å². The zero-order valence-corrected chi connectivity index (χ0v) is 10.7. The van der Waals surface area contributed by atoms with E-state index in [-0.39, 0.29) is 16.6 Å². The molecular formula is C16H11F2NO. The first kappa shape index (κ1) is 12.5. The molecule has 0 saturated carbocycles. The van der Waals surface area contributed by atoms with Crippen LogP contribution < -0.4 is 5.43 Å². The molecule has 0 fully saturated rings. The number of aromatic amines is 1. The van der Waals surface area contributed by atoms with Gasteiger partial charge in [-0.2, -0.15) is 0 Å². The van der Waals surface area contributed by atoms with Crippen molar-refractivity contribution >= 4 is 10.9 Å². The standard InChI is InChI=1S/C16H11F2NO/c1-9-15(10-5-7-11(17)8-6-10)19-13-4-2-3-12(18)14(13)16(9)20/h2-8H,1H3,(H,19,20). The maximum atomic E-state index is 13.7. The van der Waals surface area contributed by atoms with Gasteiger partial charge in [0.05, 0.1) is 16.6 Å². The highest BCUT2D eigenvalue weighted by molar-refractivity contribution is 5.83. The topological polar surface area (TPSA) is 32.9 Å². The fourth-order valence-electron chi connectivity index (χ4n) is 2.29. The number of rotatable bonds is 1. The van der Waals surface area contributed by atoms with Crippen LogP contribution in [0.2, 0.25) is 0 Å². The summed E-state index contributed by atoms with van der Waals surface area (Å²) in [6, 6.07) is 10.3. The van der Waals surface area contributed by atoms with Crippen LogP contribution in [-0.4, -0.2) is 4.98 Å². The molecule has 2 aromatic carbocycles. The monoisotopic (exact) mass is 271 g/mol. The van der Waals surface area contributed by atoms with Crippen molar-refractivity contribution in [1.82, 2.24) is 4.98 Å². The van der Waals surface area contributed by atoms with E-state index in [1.54, 1.807) is 25.1 Å². The van der Waals surface area contributed by atoms with Gasteiger partial charge in [0, 0.05) is 5.56 Å². The van der Waals surface area contributed by atoms with Crippen molar-refractivity contribution in [1.29, 1.82) is 0 Å². The van der Waals surface area contributed by atoms with Gasteiger partial charge in [0.25, 0.3) is 0 Å². The molecule has 0 bridgehead atoms. The van der Waals surface area contributed by atoms with E-state index in [4.69, 9.17) is 0 Å². The third-order valence-corrected chi connectivity index (χ3v) is 3.35. The zero-order chi connectivity index (χ0) is 14.3. The van der Waals surface area contributed by atoms with Gasteiger partial charge in [0.1, 0.15) is 11.6 Å². The van der Waals surface area contributed by atoms with Gasteiger partial charge in [-0.15, -0.1) is 0 Å². The summed E-state index contributed by atoms with van der Waals surface area (Å²) in [5.74, 6) is -0.891. The van der Waals surface area contributed by atoms with Crippen molar-refractivity contribution in [2.24, 2.45) is 0 Å². The molecule has 3 rings (SSSR count). The molecule has 100 valence electrons. The maximum absolute atomic E-state index is 13.7. The Bertz CT molecular complexity index is 851. The number of halogens is 2. The minimum atomic E-state index is -0.544. The summed E-state index contributed by atoms with van der Waals surface area (Å²) in [6.07, 6.45) is 0. The van der Waals surface area contributed by atoms with Gasteiger partial charge in [-0.25, -0.2) is 8.78 Å². The molecule has 0 aliphatic heterocycles. The van der Waals surface area contributed by atoms with E-state index in [1.807, 2.05) is 0 Å². The van der Waals surface area contributed by atoms with E-state index < -0.39 is 5.82 Å². The maximum Gasteiger partial charge on any atom is 0.195 e. The fourth-order valence-corrected chi connectivity index (χ4v) is 2.29. The van der Waals surface area contributed by atoms with Gasteiger partial charge in [0.2, 0.25) is 0 Å². The summed E-state index contributed by atoms with van der Waals surface area (Å²) in [6.45, 7) is 1.63. The van der Waals surface area contributed by atoms with Crippen LogP contribution in [-0.2, 0) is 0 Å². The lowest BCUT2D eigenvalue weighted by molar-refractivity contribution is 0.628. The number of nitrogens with one attached hydrogen (secondary N) is 1. The van der Waals surface area contributed by atoms with Crippen LogP contribution in [0.15, 0.2) is 47.3 Å². The molecule has 0 atom stereocenters. The Labute approximate surface area is 113 Å². The Balaban J connectivity index is 2.36. The van der Waals surface area contributed by atoms with Crippen molar-refractivity contribution < 1.29 is 8.78 Å². The Kier molecular flexibility index (Phi) is 2.86. The molecule has 4 heteroatoms.